The molecule has 3 aromatic carbocycles. The SMILES string of the molecule is CCc1cc(O)c(F)cc1-c1ccc2c(-c3nc4c([nH]3)CN(C(=O)N(C)c3ccccc3)CC4)n[nH]c2c1. The van der Waals surface area contributed by atoms with Crippen molar-refractivity contribution in [2.24, 2.45) is 0 Å². The number of phenols is 1. The molecule has 1 aliphatic rings. The highest BCUT2D eigenvalue weighted by molar-refractivity contribution is 5.94. The van der Waals surface area contributed by atoms with Crippen LogP contribution < -0.4 is 4.90 Å². The average molecular weight is 511 g/mol. The van der Waals surface area contributed by atoms with Crippen LogP contribution in [0.5, 0.6) is 5.75 Å². The van der Waals surface area contributed by atoms with Crippen LogP contribution in [0, 0.1) is 5.82 Å². The van der Waals surface area contributed by atoms with E-state index in [4.69, 9.17) is 4.98 Å². The van der Waals surface area contributed by atoms with E-state index in [2.05, 4.69) is 15.2 Å². The number of para-hydroxylation sites is 1. The van der Waals surface area contributed by atoms with Gasteiger partial charge in [0, 0.05) is 31.1 Å². The number of aromatic amines is 2. The lowest BCUT2D eigenvalue weighted by Crippen LogP contribution is -2.43. The second-order valence-corrected chi connectivity index (χ2v) is 9.51. The van der Waals surface area contributed by atoms with Gasteiger partial charge in [-0.05, 0) is 59.5 Å². The van der Waals surface area contributed by atoms with Gasteiger partial charge in [0.2, 0.25) is 0 Å². The van der Waals surface area contributed by atoms with Crippen LogP contribution in [0.2, 0.25) is 0 Å². The van der Waals surface area contributed by atoms with Crippen molar-refractivity contribution in [1.82, 2.24) is 25.1 Å². The number of aryl methyl sites for hydroxylation is 1. The Kier molecular flexibility index (Phi) is 5.83. The highest BCUT2D eigenvalue weighted by Crippen LogP contribution is 2.34. The van der Waals surface area contributed by atoms with Gasteiger partial charge in [-0.1, -0.05) is 31.2 Å². The van der Waals surface area contributed by atoms with Gasteiger partial charge in [-0.25, -0.2) is 14.2 Å². The van der Waals surface area contributed by atoms with Crippen LogP contribution in [0.3, 0.4) is 0 Å². The Morgan fingerprint density at radius 2 is 1.97 bits per heavy atom. The first-order valence-corrected chi connectivity index (χ1v) is 12.6. The molecule has 9 heteroatoms. The van der Waals surface area contributed by atoms with E-state index in [1.54, 1.807) is 11.9 Å². The molecule has 2 aromatic heterocycles. The molecule has 192 valence electrons. The largest absolute Gasteiger partial charge is 0.505 e. The number of anilines is 1. The predicted molar refractivity (Wildman–Crippen MR) is 144 cm³/mol. The maximum atomic E-state index is 14.1. The quantitative estimate of drug-likeness (QED) is 0.291. The molecule has 1 aliphatic heterocycles. The molecule has 3 N–H and O–H groups in total. The molecule has 0 spiro atoms. The number of carbonyl (C=O) groups excluding carboxylic acids is 1. The van der Waals surface area contributed by atoms with E-state index in [0.29, 0.717) is 37.4 Å². The van der Waals surface area contributed by atoms with Crippen molar-refractivity contribution in [3.05, 3.63) is 83.4 Å². The molecule has 0 radical (unpaired) electrons. The van der Waals surface area contributed by atoms with Gasteiger partial charge in [0.05, 0.1) is 23.4 Å². The number of hydrogen-bond donors (Lipinski definition) is 3. The summed E-state index contributed by atoms with van der Waals surface area (Å²) in [5, 5.41) is 18.3. The third-order valence-electron chi connectivity index (χ3n) is 7.18. The zero-order valence-corrected chi connectivity index (χ0v) is 21.1. The van der Waals surface area contributed by atoms with Crippen molar-refractivity contribution in [3.63, 3.8) is 0 Å². The van der Waals surface area contributed by atoms with Crippen molar-refractivity contribution in [1.29, 1.82) is 0 Å². The first-order chi connectivity index (χ1) is 18.4. The van der Waals surface area contributed by atoms with Crippen molar-refractivity contribution in [2.45, 2.75) is 26.3 Å². The standard InChI is InChI=1S/C29H27FN6O2/c1-3-17-14-26(37)22(30)15-21(17)18-9-10-20-24(13-18)33-34-27(20)28-31-23-11-12-36(16-25(23)32-28)29(38)35(2)19-7-5-4-6-8-19/h4-10,13-15,37H,3,11-12,16H2,1-2H3,(H,31,32)(H,33,34). The van der Waals surface area contributed by atoms with E-state index in [1.807, 2.05) is 60.4 Å². The summed E-state index contributed by atoms with van der Waals surface area (Å²) in [7, 11) is 1.78. The summed E-state index contributed by atoms with van der Waals surface area (Å²) in [5.74, 6) is -0.347. The summed E-state index contributed by atoms with van der Waals surface area (Å²) in [6.45, 7) is 2.99. The first kappa shape index (κ1) is 23.7. The minimum atomic E-state index is -0.647. The fourth-order valence-corrected chi connectivity index (χ4v) is 5.08. The Morgan fingerprint density at radius 1 is 1.16 bits per heavy atom. The molecule has 5 aromatic rings. The predicted octanol–water partition coefficient (Wildman–Crippen LogP) is 5.64. The number of aromatic nitrogens is 4. The van der Waals surface area contributed by atoms with Crippen LogP contribution >= 0.6 is 0 Å². The lowest BCUT2D eigenvalue weighted by molar-refractivity contribution is 0.199. The second-order valence-electron chi connectivity index (χ2n) is 9.51. The molecule has 0 unspecified atom stereocenters. The van der Waals surface area contributed by atoms with E-state index in [1.165, 1.54) is 12.1 Å². The smallest absolute Gasteiger partial charge is 0.324 e. The highest BCUT2D eigenvalue weighted by atomic mass is 19.1. The number of nitrogens with one attached hydrogen (secondary N) is 2. The molecule has 0 fully saturated rings. The van der Waals surface area contributed by atoms with Crippen LogP contribution in [-0.2, 0) is 19.4 Å². The number of phenolic OH excluding ortho intramolecular Hbond substituents is 1. The maximum Gasteiger partial charge on any atom is 0.324 e. The number of rotatable bonds is 4. The Labute approximate surface area is 218 Å². The topological polar surface area (TPSA) is 101 Å². The summed E-state index contributed by atoms with van der Waals surface area (Å²) in [5.41, 5.74) is 6.60. The number of carbonyl (C=O) groups is 1. The molecule has 0 saturated carbocycles. The van der Waals surface area contributed by atoms with Crippen LogP contribution in [0.15, 0.2) is 60.7 Å². The van der Waals surface area contributed by atoms with E-state index in [0.717, 1.165) is 44.7 Å². The molecule has 0 aliphatic carbocycles. The minimum Gasteiger partial charge on any atom is -0.505 e. The molecule has 0 atom stereocenters. The van der Waals surface area contributed by atoms with Gasteiger partial charge in [0.25, 0.3) is 0 Å². The van der Waals surface area contributed by atoms with Gasteiger partial charge in [-0.2, -0.15) is 5.10 Å². The Bertz CT molecular complexity index is 1660. The Morgan fingerprint density at radius 3 is 2.76 bits per heavy atom. The molecule has 3 heterocycles. The fraction of sp³-hybridized carbons (Fsp3) is 0.207. The van der Waals surface area contributed by atoms with Gasteiger partial charge < -0.3 is 15.0 Å². The number of H-pyrrole nitrogens is 2. The lowest BCUT2D eigenvalue weighted by Gasteiger charge is -2.30. The summed E-state index contributed by atoms with van der Waals surface area (Å²) in [4.78, 5) is 24.8. The van der Waals surface area contributed by atoms with E-state index >= 15 is 0 Å². The van der Waals surface area contributed by atoms with Gasteiger partial charge in [-0.3, -0.25) is 10.00 Å². The number of benzene rings is 3. The highest BCUT2D eigenvalue weighted by Gasteiger charge is 2.27. The summed E-state index contributed by atoms with van der Waals surface area (Å²) >= 11 is 0. The summed E-state index contributed by atoms with van der Waals surface area (Å²) in [6.07, 6.45) is 1.31. The van der Waals surface area contributed by atoms with Crippen molar-refractivity contribution in [3.8, 4) is 28.4 Å². The van der Waals surface area contributed by atoms with Gasteiger partial charge in [0.15, 0.2) is 17.4 Å². The monoisotopic (exact) mass is 510 g/mol. The van der Waals surface area contributed by atoms with E-state index < -0.39 is 5.82 Å². The number of urea groups is 1. The number of amides is 2. The van der Waals surface area contributed by atoms with E-state index in [-0.39, 0.29) is 11.8 Å². The third-order valence-corrected chi connectivity index (χ3v) is 7.18. The number of fused-ring (bicyclic) bond motifs is 2. The minimum absolute atomic E-state index is 0.0622. The number of nitrogens with zero attached hydrogens (tertiary/aromatic N) is 4. The Hall–Kier alpha value is -4.66. The summed E-state index contributed by atoms with van der Waals surface area (Å²) < 4.78 is 14.1. The van der Waals surface area contributed by atoms with Crippen molar-refractivity contribution >= 4 is 22.6 Å². The average Bonchev–Trinajstić information content (AvgIpc) is 3.57. The lowest BCUT2D eigenvalue weighted by atomic mass is 9.96. The number of aromatic hydroxyl groups is 1. The van der Waals surface area contributed by atoms with Crippen molar-refractivity contribution in [2.75, 3.05) is 18.5 Å². The first-order valence-electron chi connectivity index (χ1n) is 12.6. The van der Waals surface area contributed by atoms with Crippen LogP contribution in [0.25, 0.3) is 33.5 Å². The molecule has 38 heavy (non-hydrogen) atoms. The number of halogens is 1. The van der Waals surface area contributed by atoms with E-state index in [9.17, 15) is 14.3 Å². The molecule has 2 amide bonds. The zero-order valence-electron chi connectivity index (χ0n) is 21.1. The molecular formula is C29H27FN6O2. The zero-order chi connectivity index (χ0) is 26.4. The normalized spacial score (nSPS) is 13.1. The van der Waals surface area contributed by atoms with Crippen LogP contribution in [0.1, 0.15) is 23.9 Å². The second kappa shape index (κ2) is 9.33. The third kappa shape index (κ3) is 4.06. The van der Waals surface area contributed by atoms with Gasteiger partial charge >= 0.3 is 6.03 Å². The van der Waals surface area contributed by atoms with Crippen molar-refractivity contribution < 1.29 is 14.3 Å². The molecular weight excluding hydrogens is 483 g/mol. The number of hydrogen-bond acceptors (Lipinski definition) is 4. The number of imidazole rings is 1. The fourth-order valence-electron chi connectivity index (χ4n) is 5.08. The molecule has 6 rings (SSSR count). The maximum absolute atomic E-state index is 14.1. The van der Waals surface area contributed by atoms with Gasteiger partial charge in [-0.15, -0.1) is 0 Å². The van der Waals surface area contributed by atoms with Crippen LogP contribution in [0.4, 0.5) is 14.9 Å². The molecule has 0 bridgehead atoms. The van der Waals surface area contributed by atoms with Gasteiger partial charge in [0.1, 0.15) is 5.69 Å². The van der Waals surface area contributed by atoms with Crippen LogP contribution in [-0.4, -0.2) is 49.8 Å². The Balaban J connectivity index is 1.27. The summed E-state index contributed by atoms with van der Waals surface area (Å²) in [6, 6.07) is 18.2. The molecule has 8 nitrogen and oxygen atoms in total. The molecule has 0 saturated heterocycles.